The van der Waals surface area contributed by atoms with Crippen LogP contribution in [-0.4, -0.2) is 17.5 Å². The van der Waals surface area contributed by atoms with E-state index in [0.717, 1.165) is 10.8 Å². The molecule has 1 aliphatic rings. The molecule has 0 spiro atoms. The van der Waals surface area contributed by atoms with Crippen LogP contribution >= 0.6 is 11.8 Å². The first-order chi connectivity index (χ1) is 8.69. The molecule has 0 aliphatic heterocycles. The molecule has 3 heteroatoms. The van der Waals surface area contributed by atoms with Crippen LogP contribution < -0.4 is 5.32 Å². The fourth-order valence-electron chi connectivity index (χ4n) is 2.69. The molecule has 1 N–H and O–H groups in total. The Balaban J connectivity index is 1.86. The van der Waals surface area contributed by atoms with Crippen LogP contribution in [0.5, 0.6) is 0 Å². The average molecular weight is 267 g/mol. The van der Waals surface area contributed by atoms with Gasteiger partial charge in [0.25, 0.3) is 0 Å². The van der Waals surface area contributed by atoms with E-state index >= 15 is 0 Å². The molecule has 1 fully saturated rings. The largest absolute Gasteiger partial charge is 0.307 e. The van der Waals surface area contributed by atoms with Gasteiger partial charge in [-0.3, -0.25) is 0 Å². The lowest BCUT2D eigenvalue weighted by Gasteiger charge is -2.30. The average Bonchev–Trinajstić information content (AvgIpc) is 2.39. The number of hydrogen-bond donors (Lipinski definition) is 1. The molecule has 1 aromatic rings. The van der Waals surface area contributed by atoms with Gasteiger partial charge in [0.15, 0.2) is 0 Å². The number of rotatable bonds is 4. The topological polar surface area (TPSA) is 12.0 Å². The number of nitrogens with one attached hydrogen (secondary N) is 1. The van der Waals surface area contributed by atoms with Crippen LogP contribution in [-0.2, 0) is 0 Å². The van der Waals surface area contributed by atoms with Crippen molar-refractivity contribution in [3.8, 4) is 0 Å². The summed E-state index contributed by atoms with van der Waals surface area (Å²) in [6.45, 7) is 2.12. The van der Waals surface area contributed by atoms with Crippen molar-refractivity contribution in [1.82, 2.24) is 5.32 Å². The third-order valence-corrected chi connectivity index (χ3v) is 4.98. The molecule has 1 saturated carbocycles. The normalized spacial score (nSPS) is 25.9. The van der Waals surface area contributed by atoms with Gasteiger partial charge < -0.3 is 5.32 Å². The maximum atomic E-state index is 13.2. The second-order valence-electron chi connectivity index (χ2n) is 5.15. The second-order valence-corrected chi connectivity index (χ2v) is 6.29. The van der Waals surface area contributed by atoms with Gasteiger partial charge in [-0.25, -0.2) is 4.39 Å². The summed E-state index contributed by atoms with van der Waals surface area (Å²) in [7, 11) is 0. The minimum absolute atomic E-state index is 0.146. The quantitative estimate of drug-likeness (QED) is 0.879. The fraction of sp³-hybridized carbons (Fsp3) is 0.600. The highest BCUT2D eigenvalue weighted by molar-refractivity contribution is 7.99. The molecule has 0 saturated heterocycles. The van der Waals surface area contributed by atoms with Gasteiger partial charge in [-0.1, -0.05) is 12.1 Å². The summed E-state index contributed by atoms with van der Waals surface area (Å²) in [6, 6.07) is 7.73. The Morgan fingerprint density at radius 2 is 2.00 bits per heavy atom. The molecule has 0 amide bonds. The zero-order chi connectivity index (χ0) is 13.0. The molecule has 1 nitrogen and oxygen atoms in total. The first kappa shape index (κ1) is 13.9. The Morgan fingerprint density at radius 1 is 1.28 bits per heavy atom. The second kappa shape index (κ2) is 6.58. The monoisotopic (exact) mass is 267 g/mol. The van der Waals surface area contributed by atoms with E-state index in [4.69, 9.17) is 0 Å². The predicted molar refractivity (Wildman–Crippen MR) is 77.5 cm³/mol. The Kier molecular flexibility index (Phi) is 5.07. The van der Waals surface area contributed by atoms with Gasteiger partial charge in [0.1, 0.15) is 5.82 Å². The molecule has 0 bridgehead atoms. The van der Waals surface area contributed by atoms with Crippen LogP contribution in [0.15, 0.2) is 24.3 Å². The summed E-state index contributed by atoms with van der Waals surface area (Å²) in [5.41, 5.74) is 1.04. The third-order valence-electron chi connectivity index (χ3n) is 3.84. The van der Waals surface area contributed by atoms with Crippen LogP contribution in [0, 0.1) is 5.82 Å². The lowest BCUT2D eigenvalue weighted by atomic mass is 9.93. The van der Waals surface area contributed by atoms with Crippen LogP contribution in [0.4, 0.5) is 4.39 Å². The van der Waals surface area contributed by atoms with Gasteiger partial charge in [-0.2, -0.15) is 11.8 Å². The Hall–Kier alpha value is -0.540. The first-order valence-electron chi connectivity index (χ1n) is 6.73. The maximum absolute atomic E-state index is 13.2. The number of benzene rings is 1. The van der Waals surface area contributed by atoms with Gasteiger partial charge in [0, 0.05) is 17.3 Å². The van der Waals surface area contributed by atoms with Crippen molar-refractivity contribution >= 4 is 11.8 Å². The van der Waals surface area contributed by atoms with E-state index in [2.05, 4.69) is 18.5 Å². The van der Waals surface area contributed by atoms with Crippen LogP contribution in [0.25, 0.3) is 0 Å². The minimum Gasteiger partial charge on any atom is -0.307 e. The van der Waals surface area contributed by atoms with Gasteiger partial charge in [0.05, 0.1) is 0 Å². The highest BCUT2D eigenvalue weighted by Gasteiger charge is 2.21. The SMILES string of the molecule is CSC1CCC(NC(C)c2cccc(F)c2)CC1. The summed E-state index contributed by atoms with van der Waals surface area (Å²) in [5, 5.41) is 4.47. The van der Waals surface area contributed by atoms with E-state index in [-0.39, 0.29) is 11.9 Å². The zero-order valence-electron chi connectivity index (χ0n) is 11.2. The van der Waals surface area contributed by atoms with Gasteiger partial charge in [-0.05, 0) is 56.6 Å². The summed E-state index contributed by atoms with van der Waals surface area (Å²) in [6.07, 6.45) is 7.29. The van der Waals surface area contributed by atoms with Crippen molar-refractivity contribution in [2.75, 3.05) is 6.26 Å². The molecule has 0 radical (unpaired) electrons. The van der Waals surface area contributed by atoms with E-state index in [1.807, 2.05) is 17.8 Å². The number of hydrogen-bond acceptors (Lipinski definition) is 2. The molecule has 2 rings (SSSR count). The molecule has 1 aromatic carbocycles. The van der Waals surface area contributed by atoms with E-state index in [0.29, 0.717) is 6.04 Å². The smallest absolute Gasteiger partial charge is 0.123 e. The maximum Gasteiger partial charge on any atom is 0.123 e. The number of halogens is 1. The fourth-order valence-corrected chi connectivity index (χ4v) is 3.43. The van der Waals surface area contributed by atoms with E-state index < -0.39 is 0 Å². The molecule has 0 aromatic heterocycles. The van der Waals surface area contributed by atoms with Crippen molar-refractivity contribution < 1.29 is 4.39 Å². The van der Waals surface area contributed by atoms with E-state index in [9.17, 15) is 4.39 Å². The highest BCUT2D eigenvalue weighted by Crippen LogP contribution is 2.28. The van der Waals surface area contributed by atoms with Gasteiger partial charge >= 0.3 is 0 Å². The van der Waals surface area contributed by atoms with Crippen molar-refractivity contribution in [3.63, 3.8) is 0 Å². The van der Waals surface area contributed by atoms with Gasteiger partial charge in [-0.15, -0.1) is 0 Å². The summed E-state index contributed by atoms with van der Waals surface area (Å²) in [5.74, 6) is -0.146. The Labute approximate surface area is 114 Å². The molecule has 1 unspecified atom stereocenters. The lowest BCUT2D eigenvalue weighted by molar-refractivity contribution is 0.352. The van der Waals surface area contributed by atoms with Crippen molar-refractivity contribution in [1.29, 1.82) is 0 Å². The van der Waals surface area contributed by atoms with Crippen LogP contribution in [0.1, 0.15) is 44.2 Å². The standard InChI is InChI=1S/C15H22FNS/c1-11(12-4-3-5-13(16)10-12)17-14-6-8-15(18-2)9-7-14/h3-5,10-11,14-15,17H,6-9H2,1-2H3. The summed E-state index contributed by atoms with van der Waals surface area (Å²) < 4.78 is 13.2. The molecule has 1 aliphatic carbocycles. The van der Waals surface area contributed by atoms with Crippen LogP contribution in [0.2, 0.25) is 0 Å². The highest BCUT2D eigenvalue weighted by atomic mass is 32.2. The third kappa shape index (κ3) is 3.72. The van der Waals surface area contributed by atoms with Crippen molar-refractivity contribution in [2.45, 2.75) is 49.9 Å². The number of thioether (sulfide) groups is 1. The minimum atomic E-state index is -0.146. The molecule has 1 atom stereocenters. The van der Waals surface area contributed by atoms with Crippen molar-refractivity contribution in [3.05, 3.63) is 35.6 Å². The Bertz CT molecular complexity index is 375. The summed E-state index contributed by atoms with van der Waals surface area (Å²) in [4.78, 5) is 0. The predicted octanol–water partition coefficient (Wildman–Crippen LogP) is 4.15. The molecule has 18 heavy (non-hydrogen) atoms. The first-order valence-corrected chi connectivity index (χ1v) is 8.02. The van der Waals surface area contributed by atoms with E-state index in [1.54, 1.807) is 12.1 Å². The molecular weight excluding hydrogens is 245 g/mol. The summed E-state index contributed by atoms with van der Waals surface area (Å²) >= 11 is 1.99. The molecular formula is C15H22FNS. The molecule has 0 heterocycles. The lowest BCUT2D eigenvalue weighted by Crippen LogP contribution is -2.35. The van der Waals surface area contributed by atoms with Gasteiger partial charge in [0.2, 0.25) is 0 Å². The zero-order valence-corrected chi connectivity index (χ0v) is 12.0. The van der Waals surface area contributed by atoms with Crippen molar-refractivity contribution in [2.24, 2.45) is 0 Å². The Morgan fingerprint density at radius 3 is 2.61 bits per heavy atom. The van der Waals surface area contributed by atoms with Crippen LogP contribution in [0.3, 0.4) is 0 Å². The molecule has 100 valence electrons. The van der Waals surface area contributed by atoms with E-state index in [1.165, 1.54) is 31.7 Å².